The van der Waals surface area contributed by atoms with E-state index in [-0.39, 0.29) is 5.91 Å². The summed E-state index contributed by atoms with van der Waals surface area (Å²) in [7, 11) is 2.67. The van der Waals surface area contributed by atoms with Crippen LogP contribution in [0.3, 0.4) is 0 Å². The van der Waals surface area contributed by atoms with Gasteiger partial charge in [-0.05, 0) is 52.7 Å². The molecule has 2 amide bonds. The Morgan fingerprint density at radius 3 is 2.56 bits per heavy atom. The average molecular weight is 469 g/mol. The van der Waals surface area contributed by atoms with Crippen LogP contribution in [-0.2, 0) is 17.8 Å². The molecule has 2 heterocycles. The van der Waals surface area contributed by atoms with E-state index in [2.05, 4.69) is 14.2 Å². The fourth-order valence-electron chi connectivity index (χ4n) is 4.41. The molecule has 170 valence electrons. The number of rotatable bonds is 4. The van der Waals surface area contributed by atoms with E-state index in [4.69, 9.17) is 5.21 Å². The lowest BCUT2D eigenvalue weighted by Crippen LogP contribution is -2.36. The monoisotopic (exact) mass is 469 g/mol. The van der Waals surface area contributed by atoms with Gasteiger partial charge in [-0.1, -0.05) is 48.5 Å². The van der Waals surface area contributed by atoms with Crippen molar-refractivity contribution < 1.29 is 14.8 Å². The predicted molar refractivity (Wildman–Crippen MR) is 137 cm³/mol. The van der Waals surface area contributed by atoms with Gasteiger partial charge in [-0.3, -0.25) is 14.8 Å². The summed E-state index contributed by atoms with van der Waals surface area (Å²) in [5.74, 6) is -0.631. The van der Waals surface area contributed by atoms with Gasteiger partial charge in [-0.15, -0.1) is 9.24 Å². The number of hydrogen-bond acceptors (Lipinski definition) is 3. The molecule has 0 fully saturated rings. The molecule has 1 atom stereocenters. The number of carbonyl (C=O) groups excluding carboxylic acids is 2. The first kappa shape index (κ1) is 22.1. The number of amides is 2. The second kappa shape index (κ2) is 9.26. The molecule has 1 aliphatic heterocycles. The maximum absolute atomic E-state index is 13.9. The normalized spacial score (nSPS) is 13.6. The van der Waals surface area contributed by atoms with Crippen molar-refractivity contribution in [2.45, 2.75) is 13.0 Å². The zero-order chi connectivity index (χ0) is 23.7. The number of carbonyl (C=O) groups is 2. The highest BCUT2D eigenvalue weighted by molar-refractivity contribution is 7.27. The quantitative estimate of drug-likeness (QED) is 0.183. The van der Waals surface area contributed by atoms with Crippen LogP contribution < -0.4 is 10.8 Å². The number of fused-ring (bicyclic) bond motifs is 2. The van der Waals surface area contributed by atoms with Crippen LogP contribution in [0.2, 0.25) is 0 Å². The second-order valence-electron chi connectivity index (χ2n) is 8.37. The first-order chi connectivity index (χ1) is 16.5. The average Bonchev–Trinajstić information content (AvgIpc) is 3.29. The number of nitrogens with zero attached hydrogens (tertiary/aromatic N) is 1. The number of benzene rings is 3. The Hall–Kier alpha value is -3.73. The van der Waals surface area contributed by atoms with Crippen LogP contribution in [0.15, 0.2) is 72.9 Å². The van der Waals surface area contributed by atoms with Crippen molar-refractivity contribution in [1.29, 1.82) is 0 Å². The minimum absolute atomic E-state index is 0.0653. The van der Waals surface area contributed by atoms with E-state index in [1.807, 2.05) is 71.8 Å². The van der Waals surface area contributed by atoms with Crippen molar-refractivity contribution in [1.82, 2.24) is 15.4 Å². The molecule has 3 N–H and O–H groups in total. The number of H-pyrrole nitrogens is 1. The summed E-state index contributed by atoms with van der Waals surface area (Å²) in [5.41, 5.74) is 7.48. The van der Waals surface area contributed by atoms with Crippen molar-refractivity contribution in [2.75, 3.05) is 6.54 Å². The lowest BCUT2D eigenvalue weighted by atomic mass is 9.95. The van der Waals surface area contributed by atoms with Crippen molar-refractivity contribution in [2.24, 2.45) is 0 Å². The van der Waals surface area contributed by atoms with Crippen molar-refractivity contribution >= 4 is 48.9 Å². The molecule has 0 radical (unpaired) electrons. The van der Waals surface area contributed by atoms with Gasteiger partial charge < -0.3 is 9.88 Å². The van der Waals surface area contributed by atoms with Gasteiger partial charge in [0.15, 0.2) is 0 Å². The van der Waals surface area contributed by atoms with Crippen molar-refractivity contribution in [3.05, 3.63) is 101 Å². The molecule has 4 aromatic rings. The van der Waals surface area contributed by atoms with Crippen LogP contribution in [0.5, 0.6) is 0 Å². The molecular weight excluding hydrogens is 445 g/mol. The fraction of sp³-hybridized carbons (Fsp3) is 0.111. The van der Waals surface area contributed by atoms with Gasteiger partial charge in [0.1, 0.15) is 0 Å². The van der Waals surface area contributed by atoms with Crippen LogP contribution in [0.1, 0.15) is 32.6 Å². The summed E-state index contributed by atoms with van der Waals surface area (Å²) in [4.78, 5) is 30.8. The second-order valence-corrected chi connectivity index (χ2v) is 9.04. The molecule has 5 rings (SSSR count). The number of nitrogens with one attached hydrogen (secondary N) is 2. The summed E-state index contributed by atoms with van der Waals surface area (Å²) < 4.78 is 0. The molecule has 0 bridgehead atoms. The van der Waals surface area contributed by atoms with E-state index >= 15 is 0 Å². The topological polar surface area (TPSA) is 85.4 Å². The van der Waals surface area contributed by atoms with E-state index in [0.29, 0.717) is 30.6 Å². The van der Waals surface area contributed by atoms with E-state index in [9.17, 15) is 9.59 Å². The number of hydroxylamine groups is 1. The maximum atomic E-state index is 13.9. The Bertz CT molecular complexity index is 1420. The van der Waals surface area contributed by atoms with E-state index in [1.54, 1.807) is 17.6 Å². The summed E-state index contributed by atoms with van der Waals surface area (Å²) in [6.45, 7) is 0.984. The highest BCUT2D eigenvalue weighted by Gasteiger charge is 2.25. The van der Waals surface area contributed by atoms with Crippen LogP contribution in [0.25, 0.3) is 22.6 Å². The van der Waals surface area contributed by atoms with Gasteiger partial charge in [0.25, 0.3) is 11.8 Å². The van der Waals surface area contributed by atoms with Crippen LogP contribution in [0, 0.1) is 0 Å². The SMILES string of the molecule is O=C(NO)c1ccc2c(c1)CN(C(=O)C(=Cc1c[nH]c3ccccc13)c1ccc(P)cc1)CC2. The Morgan fingerprint density at radius 1 is 1.00 bits per heavy atom. The standard InChI is InChI=1S/C27H24N3O3P/c31-26(29-33)19-6-5-17-11-12-30(16-21(17)13-19)27(32)24(18-7-9-22(34)10-8-18)14-20-15-28-25-4-2-1-3-23(20)25/h1-10,13-15,28,33H,11-12,16,34H2,(H,29,31). The molecule has 1 unspecified atom stereocenters. The Kier molecular flexibility index (Phi) is 6.01. The molecule has 0 saturated carbocycles. The fourth-order valence-corrected chi connectivity index (χ4v) is 4.60. The Labute approximate surface area is 199 Å². The maximum Gasteiger partial charge on any atom is 0.274 e. The summed E-state index contributed by atoms with van der Waals surface area (Å²) in [6, 6.07) is 21.2. The zero-order valence-electron chi connectivity index (χ0n) is 18.4. The van der Waals surface area contributed by atoms with Gasteiger partial charge in [0.2, 0.25) is 0 Å². The lowest BCUT2D eigenvalue weighted by molar-refractivity contribution is -0.125. The molecular formula is C27H24N3O3P. The van der Waals surface area contributed by atoms with Crippen LogP contribution in [-0.4, -0.2) is 33.5 Å². The van der Waals surface area contributed by atoms with Crippen LogP contribution >= 0.6 is 9.24 Å². The molecule has 1 aromatic heterocycles. The minimum Gasteiger partial charge on any atom is -0.361 e. The molecule has 6 nitrogen and oxygen atoms in total. The molecule has 3 aromatic carbocycles. The number of hydrogen-bond donors (Lipinski definition) is 3. The van der Waals surface area contributed by atoms with Crippen molar-refractivity contribution in [3.8, 4) is 0 Å². The molecule has 1 aliphatic rings. The highest BCUT2D eigenvalue weighted by Crippen LogP contribution is 2.28. The van der Waals surface area contributed by atoms with E-state index in [0.717, 1.165) is 38.5 Å². The number of para-hydroxylation sites is 1. The van der Waals surface area contributed by atoms with Gasteiger partial charge in [-0.25, -0.2) is 5.48 Å². The molecule has 0 aliphatic carbocycles. The third-order valence-electron chi connectivity index (χ3n) is 6.24. The number of aromatic amines is 1. The lowest BCUT2D eigenvalue weighted by Gasteiger charge is -2.30. The van der Waals surface area contributed by atoms with Crippen molar-refractivity contribution in [3.63, 3.8) is 0 Å². The van der Waals surface area contributed by atoms with E-state index < -0.39 is 5.91 Å². The third kappa shape index (κ3) is 4.26. The molecule has 7 heteroatoms. The molecule has 0 spiro atoms. The first-order valence-corrected chi connectivity index (χ1v) is 11.6. The Balaban J connectivity index is 1.53. The highest BCUT2D eigenvalue weighted by atomic mass is 31.0. The van der Waals surface area contributed by atoms with E-state index in [1.165, 1.54) is 0 Å². The van der Waals surface area contributed by atoms with Gasteiger partial charge >= 0.3 is 0 Å². The van der Waals surface area contributed by atoms with Crippen LogP contribution in [0.4, 0.5) is 0 Å². The Morgan fingerprint density at radius 2 is 1.76 bits per heavy atom. The first-order valence-electron chi connectivity index (χ1n) is 11.0. The smallest absolute Gasteiger partial charge is 0.274 e. The molecule has 0 saturated heterocycles. The summed E-state index contributed by atoms with van der Waals surface area (Å²) >= 11 is 0. The number of aromatic nitrogens is 1. The van der Waals surface area contributed by atoms with Gasteiger partial charge in [0, 0.05) is 46.9 Å². The minimum atomic E-state index is -0.566. The summed E-state index contributed by atoms with van der Waals surface area (Å²) in [6.07, 6.45) is 4.57. The largest absolute Gasteiger partial charge is 0.361 e. The predicted octanol–water partition coefficient (Wildman–Crippen LogP) is 3.91. The molecule has 34 heavy (non-hydrogen) atoms. The summed E-state index contributed by atoms with van der Waals surface area (Å²) in [5, 5.41) is 11.1. The van der Waals surface area contributed by atoms with Gasteiger partial charge in [-0.2, -0.15) is 0 Å². The third-order valence-corrected chi connectivity index (χ3v) is 6.63. The zero-order valence-corrected chi connectivity index (χ0v) is 19.6. The van der Waals surface area contributed by atoms with Gasteiger partial charge in [0.05, 0.1) is 0 Å².